The van der Waals surface area contributed by atoms with E-state index in [-0.39, 0.29) is 50.0 Å². The number of hydrogen-bond donors (Lipinski definition) is 0. The van der Waals surface area contributed by atoms with E-state index in [0.717, 1.165) is 4.90 Å². The Hall–Kier alpha value is -2.84. The van der Waals surface area contributed by atoms with Crippen molar-refractivity contribution in [2.24, 2.45) is 11.3 Å². The molecule has 1 saturated carbocycles. The lowest BCUT2D eigenvalue weighted by Gasteiger charge is -2.34. The molecule has 4 amide bonds. The molecule has 1 radical (unpaired) electrons. The van der Waals surface area contributed by atoms with Crippen LogP contribution in [0.1, 0.15) is 38.5 Å². The highest BCUT2D eigenvalue weighted by atomic mass is 16.7. The smallest absolute Gasteiger partial charge is 0.329 e. The van der Waals surface area contributed by atoms with Crippen LogP contribution in [0.3, 0.4) is 0 Å². The molecule has 0 N–H and O–H groups in total. The zero-order chi connectivity index (χ0) is 18.9. The van der Waals surface area contributed by atoms with E-state index >= 15 is 0 Å². The highest BCUT2D eigenvalue weighted by molar-refractivity contribution is 6.12. The van der Waals surface area contributed by atoms with Gasteiger partial charge in [0.1, 0.15) is 5.41 Å². The van der Waals surface area contributed by atoms with Gasteiger partial charge in [-0.2, -0.15) is 0 Å². The number of hydroxylamine groups is 2. The fourth-order valence-electron chi connectivity index (χ4n) is 3.40. The van der Waals surface area contributed by atoms with E-state index in [1.807, 2.05) is 0 Å². The molecule has 0 aromatic rings. The van der Waals surface area contributed by atoms with E-state index in [1.165, 1.54) is 12.2 Å². The van der Waals surface area contributed by atoms with Crippen molar-refractivity contribution < 1.29 is 33.6 Å². The first kappa shape index (κ1) is 18.0. The lowest BCUT2D eigenvalue weighted by atomic mass is 9.71. The highest BCUT2D eigenvalue weighted by Gasteiger charge is 2.47. The molecule has 3 aliphatic rings. The second-order valence-corrected chi connectivity index (χ2v) is 6.71. The van der Waals surface area contributed by atoms with Gasteiger partial charge in [0.2, 0.25) is 6.29 Å². The van der Waals surface area contributed by atoms with Crippen LogP contribution in [-0.2, 0) is 33.6 Å². The summed E-state index contributed by atoms with van der Waals surface area (Å²) in [5.41, 5.74) is -1.54. The van der Waals surface area contributed by atoms with Crippen LogP contribution < -0.4 is 0 Å². The van der Waals surface area contributed by atoms with Gasteiger partial charge in [0.25, 0.3) is 23.6 Å². The third-order valence-electron chi connectivity index (χ3n) is 5.07. The minimum Gasteiger partial charge on any atom is -0.329 e. The van der Waals surface area contributed by atoms with Crippen LogP contribution in [0, 0.1) is 11.3 Å². The Balaban J connectivity index is 1.60. The molecule has 3 rings (SSSR count). The molecule has 2 fully saturated rings. The SMILES string of the molecule is O=[C]C1(C(=O)ON2C(=O)CCC2=O)CCC(CN2C(=O)C=CC2=O)CC1. The predicted octanol–water partition coefficient (Wildman–Crippen LogP) is -0.195. The van der Waals surface area contributed by atoms with Gasteiger partial charge in [0, 0.05) is 31.5 Å². The molecule has 0 aromatic heterocycles. The molecular weight excluding hydrogens is 344 g/mol. The maximum Gasteiger partial charge on any atom is 0.347 e. The van der Waals surface area contributed by atoms with Crippen molar-refractivity contribution in [1.82, 2.24) is 9.96 Å². The molecule has 137 valence electrons. The molecule has 0 bridgehead atoms. The Kier molecular flexibility index (Phi) is 4.71. The molecule has 0 spiro atoms. The fraction of sp³-hybridized carbons (Fsp3) is 0.529. The summed E-state index contributed by atoms with van der Waals surface area (Å²) >= 11 is 0. The van der Waals surface area contributed by atoms with Crippen molar-refractivity contribution in [3.8, 4) is 0 Å². The number of carbonyl (C=O) groups is 5. The lowest BCUT2D eigenvalue weighted by Crippen LogP contribution is -2.45. The Morgan fingerprint density at radius 2 is 1.62 bits per heavy atom. The Labute approximate surface area is 148 Å². The van der Waals surface area contributed by atoms with E-state index in [0.29, 0.717) is 17.9 Å². The van der Waals surface area contributed by atoms with E-state index in [2.05, 4.69) is 0 Å². The van der Waals surface area contributed by atoms with Crippen LogP contribution in [0.25, 0.3) is 0 Å². The second-order valence-electron chi connectivity index (χ2n) is 6.71. The van der Waals surface area contributed by atoms with E-state index < -0.39 is 23.2 Å². The molecule has 9 heteroatoms. The highest BCUT2D eigenvalue weighted by Crippen LogP contribution is 2.39. The van der Waals surface area contributed by atoms with Gasteiger partial charge in [0.15, 0.2) is 0 Å². The van der Waals surface area contributed by atoms with Crippen molar-refractivity contribution in [3.63, 3.8) is 0 Å². The van der Waals surface area contributed by atoms with Crippen molar-refractivity contribution >= 4 is 35.9 Å². The first-order chi connectivity index (χ1) is 12.4. The van der Waals surface area contributed by atoms with Crippen LogP contribution in [0.4, 0.5) is 0 Å². The summed E-state index contributed by atoms with van der Waals surface area (Å²) in [5.74, 6) is -3.00. The summed E-state index contributed by atoms with van der Waals surface area (Å²) in [6, 6.07) is 0. The van der Waals surface area contributed by atoms with Crippen LogP contribution in [-0.4, -0.2) is 52.4 Å². The topological polar surface area (TPSA) is 118 Å². The largest absolute Gasteiger partial charge is 0.347 e. The second kappa shape index (κ2) is 6.81. The quantitative estimate of drug-likeness (QED) is 0.492. The van der Waals surface area contributed by atoms with Gasteiger partial charge in [-0.15, -0.1) is 5.06 Å². The summed E-state index contributed by atoms with van der Waals surface area (Å²) in [7, 11) is 0. The molecule has 2 aliphatic heterocycles. The number of amides is 4. The Morgan fingerprint density at radius 1 is 1.08 bits per heavy atom. The summed E-state index contributed by atoms with van der Waals surface area (Å²) in [6.45, 7) is 0.220. The van der Waals surface area contributed by atoms with Crippen LogP contribution in [0.5, 0.6) is 0 Å². The van der Waals surface area contributed by atoms with Crippen LogP contribution in [0.15, 0.2) is 12.2 Å². The maximum atomic E-state index is 12.4. The molecule has 0 atom stereocenters. The number of hydrogen-bond acceptors (Lipinski definition) is 7. The summed E-state index contributed by atoms with van der Waals surface area (Å²) < 4.78 is 0. The first-order valence-corrected chi connectivity index (χ1v) is 8.37. The zero-order valence-electron chi connectivity index (χ0n) is 13.9. The van der Waals surface area contributed by atoms with E-state index in [4.69, 9.17) is 4.84 Å². The molecule has 9 nitrogen and oxygen atoms in total. The fourth-order valence-corrected chi connectivity index (χ4v) is 3.40. The molecule has 26 heavy (non-hydrogen) atoms. The Bertz CT molecular complexity index is 685. The third-order valence-corrected chi connectivity index (χ3v) is 5.07. The number of carbonyl (C=O) groups excluding carboxylic acids is 6. The predicted molar refractivity (Wildman–Crippen MR) is 83.1 cm³/mol. The number of imide groups is 2. The number of rotatable bonds is 5. The van der Waals surface area contributed by atoms with Crippen molar-refractivity contribution in [3.05, 3.63) is 12.2 Å². The minimum atomic E-state index is -1.54. The normalized spacial score (nSPS) is 28.8. The zero-order valence-corrected chi connectivity index (χ0v) is 13.9. The van der Waals surface area contributed by atoms with Gasteiger partial charge in [-0.1, -0.05) is 0 Å². The van der Waals surface area contributed by atoms with Crippen molar-refractivity contribution in [1.29, 1.82) is 0 Å². The molecule has 1 aliphatic carbocycles. The standard InChI is InChI=1S/C17H17N2O7/c20-10-17(16(25)26-19-14(23)3-4-15(19)24)7-5-11(6-8-17)9-18-12(21)1-2-13(18)22/h1-2,11H,3-9H2. The Morgan fingerprint density at radius 3 is 2.12 bits per heavy atom. The number of nitrogens with zero attached hydrogens (tertiary/aromatic N) is 2. The third kappa shape index (κ3) is 3.16. The van der Waals surface area contributed by atoms with Gasteiger partial charge in [0.05, 0.1) is 0 Å². The average molecular weight is 361 g/mol. The van der Waals surface area contributed by atoms with Gasteiger partial charge < -0.3 is 4.84 Å². The molecular formula is C17H17N2O7. The van der Waals surface area contributed by atoms with Crippen molar-refractivity contribution in [2.45, 2.75) is 38.5 Å². The monoisotopic (exact) mass is 361 g/mol. The van der Waals surface area contributed by atoms with Gasteiger partial charge in [-0.05, 0) is 31.6 Å². The van der Waals surface area contributed by atoms with Crippen LogP contribution in [0.2, 0.25) is 0 Å². The van der Waals surface area contributed by atoms with Gasteiger partial charge >= 0.3 is 5.97 Å². The molecule has 0 aromatic carbocycles. The van der Waals surface area contributed by atoms with Crippen molar-refractivity contribution in [2.75, 3.05) is 6.54 Å². The molecule has 1 saturated heterocycles. The van der Waals surface area contributed by atoms with E-state index in [9.17, 15) is 28.8 Å². The van der Waals surface area contributed by atoms with Gasteiger partial charge in [-0.3, -0.25) is 28.9 Å². The maximum absolute atomic E-state index is 12.4. The summed E-state index contributed by atoms with van der Waals surface area (Å²) in [5, 5.41) is 0.417. The minimum absolute atomic E-state index is 0.0298. The lowest BCUT2D eigenvalue weighted by molar-refractivity contribution is -0.204. The summed E-state index contributed by atoms with van der Waals surface area (Å²) in [6.07, 6.45) is 5.10. The summed E-state index contributed by atoms with van der Waals surface area (Å²) in [4.78, 5) is 76.2. The van der Waals surface area contributed by atoms with Crippen LogP contribution >= 0.6 is 0 Å². The average Bonchev–Trinajstić information content (AvgIpc) is 3.12. The molecule has 0 unspecified atom stereocenters. The molecule has 2 heterocycles. The first-order valence-electron chi connectivity index (χ1n) is 8.37. The van der Waals surface area contributed by atoms with E-state index in [1.54, 1.807) is 6.29 Å². The van der Waals surface area contributed by atoms with Gasteiger partial charge in [-0.25, -0.2) is 4.79 Å².